The molecule has 0 saturated carbocycles. The van der Waals surface area contributed by atoms with Gasteiger partial charge in [0, 0.05) is 4.47 Å². The number of rotatable bonds is 2. The zero-order valence-corrected chi connectivity index (χ0v) is 10.5. The van der Waals surface area contributed by atoms with E-state index in [1.807, 2.05) is 6.08 Å². The Labute approximate surface area is 103 Å². The van der Waals surface area contributed by atoms with Gasteiger partial charge in [0.2, 0.25) is 0 Å². The van der Waals surface area contributed by atoms with Crippen LogP contribution in [0.25, 0.3) is 0 Å². The van der Waals surface area contributed by atoms with Gasteiger partial charge in [0.15, 0.2) is 0 Å². The number of hydrogen-bond donors (Lipinski definition) is 1. The Bertz CT molecular complexity index is 414. The van der Waals surface area contributed by atoms with E-state index in [1.165, 1.54) is 17.7 Å². The molecule has 3 heteroatoms. The average Bonchev–Trinajstić information content (AvgIpc) is 2.22. The minimum Gasteiger partial charge on any atom is -0.389 e. The van der Waals surface area contributed by atoms with Crippen molar-refractivity contribution >= 4 is 15.9 Å². The highest BCUT2D eigenvalue weighted by Gasteiger charge is 2.12. The fourth-order valence-electron chi connectivity index (χ4n) is 2.03. The first-order chi connectivity index (χ1) is 7.65. The number of allylic oxidation sites excluding steroid dienone is 1. The molecule has 0 fully saturated rings. The van der Waals surface area contributed by atoms with Gasteiger partial charge in [-0.1, -0.05) is 33.6 Å². The quantitative estimate of drug-likeness (QED) is 0.823. The summed E-state index contributed by atoms with van der Waals surface area (Å²) < 4.78 is 13.7. The maximum Gasteiger partial charge on any atom is 0.124 e. The monoisotopic (exact) mass is 284 g/mol. The van der Waals surface area contributed by atoms with Gasteiger partial charge >= 0.3 is 0 Å². The second-order valence-corrected chi connectivity index (χ2v) is 5.05. The van der Waals surface area contributed by atoms with E-state index in [-0.39, 0.29) is 11.9 Å². The van der Waals surface area contributed by atoms with Crippen LogP contribution >= 0.6 is 15.9 Å². The Morgan fingerprint density at radius 1 is 1.44 bits per heavy atom. The predicted molar refractivity (Wildman–Crippen MR) is 65.7 cm³/mol. The molecule has 0 aromatic heterocycles. The van der Waals surface area contributed by atoms with Crippen molar-refractivity contribution in [2.45, 2.75) is 31.8 Å². The van der Waals surface area contributed by atoms with Crippen LogP contribution in [0.15, 0.2) is 34.3 Å². The Kier molecular flexibility index (Phi) is 3.77. The average molecular weight is 285 g/mol. The van der Waals surface area contributed by atoms with Crippen LogP contribution in [0.3, 0.4) is 0 Å². The first-order valence-electron chi connectivity index (χ1n) is 5.47. The lowest BCUT2D eigenvalue weighted by Gasteiger charge is -2.17. The fourth-order valence-corrected chi connectivity index (χ4v) is 2.53. The molecule has 0 amide bonds. The molecule has 0 spiro atoms. The van der Waals surface area contributed by atoms with E-state index in [9.17, 15) is 9.50 Å². The van der Waals surface area contributed by atoms with Gasteiger partial charge in [-0.15, -0.1) is 0 Å². The molecule has 1 aliphatic rings. The fraction of sp³-hybridized carbons (Fsp3) is 0.385. The molecular formula is C13H14BrFO. The Morgan fingerprint density at radius 2 is 2.25 bits per heavy atom. The lowest BCUT2D eigenvalue weighted by atomic mass is 9.93. The van der Waals surface area contributed by atoms with Crippen LogP contribution in [0.2, 0.25) is 0 Å². The number of aliphatic hydroxyl groups excluding tert-OH is 1. The molecule has 0 heterocycles. The van der Waals surface area contributed by atoms with Crippen molar-refractivity contribution < 1.29 is 9.50 Å². The lowest BCUT2D eigenvalue weighted by Crippen LogP contribution is -2.10. The third-order valence-corrected chi connectivity index (χ3v) is 3.60. The molecule has 1 atom stereocenters. The number of aliphatic hydroxyl groups is 1. The normalized spacial score (nSPS) is 20.7. The summed E-state index contributed by atoms with van der Waals surface area (Å²) in [6, 6.07) is 4.75. The van der Waals surface area contributed by atoms with Gasteiger partial charge < -0.3 is 5.11 Å². The molecule has 1 aromatic rings. The summed E-state index contributed by atoms with van der Waals surface area (Å²) in [6.45, 7) is 0. The SMILES string of the molecule is OC1C=C(Cc2ccc(F)cc2Br)CCC1. The van der Waals surface area contributed by atoms with Gasteiger partial charge in [-0.2, -0.15) is 0 Å². The smallest absolute Gasteiger partial charge is 0.124 e. The zero-order chi connectivity index (χ0) is 11.5. The molecule has 2 rings (SSSR count). The molecule has 1 aliphatic carbocycles. The first kappa shape index (κ1) is 11.8. The van der Waals surface area contributed by atoms with Gasteiger partial charge in [-0.3, -0.25) is 0 Å². The van der Waals surface area contributed by atoms with Crippen LogP contribution in [0.1, 0.15) is 24.8 Å². The van der Waals surface area contributed by atoms with Crippen LogP contribution in [-0.4, -0.2) is 11.2 Å². The van der Waals surface area contributed by atoms with Crippen molar-refractivity contribution in [3.63, 3.8) is 0 Å². The molecule has 0 radical (unpaired) electrons. The van der Waals surface area contributed by atoms with Gasteiger partial charge in [0.05, 0.1) is 6.10 Å². The second-order valence-electron chi connectivity index (χ2n) is 4.20. The minimum atomic E-state index is -0.303. The lowest BCUT2D eigenvalue weighted by molar-refractivity contribution is 0.202. The Hall–Kier alpha value is -0.670. The highest BCUT2D eigenvalue weighted by molar-refractivity contribution is 9.10. The molecule has 1 nitrogen and oxygen atoms in total. The van der Waals surface area contributed by atoms with Gasteiger partial charge in [0.1, 0.15) is 5.82 Å². The summed E-state index contributed by atoms with van der Waals surface area (Å²) in [6.07, 6.45) is 5.33. The minimum absolute atomic E-state index is 0.228. The topological polar surface area (TPSA) is 20.2 Å². The maximum atomic E-state index is 12.9. The molecule has 1 aromatic carbocycles. The number of benzene rings is 1. The van der Waals surface area contributed by atoms with E-state index < -0.39 is 0 Å². The van der Waals surface area contributed by atoms with E-state index in [2.05, 4.69) is 15.9 Å². The van der Waals surface area contributed by atoms with Crippen LogP contribution in [0.5, 0.6) is 0 Å². The first-order valence-corrected chi connectivity index (χ1v) is 6.26. The van der Waals surface area contributed by atoms with E-state index in [0.29, 0.717) is 0 Å². The molecule has 16 heavy (non-hydrogen) atoms. The standard InChI is InChI=1S/C13H14BrFO/c14-13-8-11(15)5-4-10(13)6-9-2-1-3-12(16)7-9/h4-5,7-8,12,16H,1-3,6H2. The summed E-state index contributed by atoms with van der Waals surface area (Å²) in [5, 5.41) is 9.52. The molecule has 1 unspecified atom stereocenters. The van der Waals surface area contributed by atoms with Crippen molar-refractivity contribution in [3.8, 4) is 0 Å². The van der Waals surface area contributed by atoms with Crippen molar-refractivity contribution in [1.82, 2.24) is 0 Å². The summed E-state index contributed by atoms with van der Waals surface area (Å²) >= 11 is 3.36. The van der Waals surface area contributed by atoms with Gasteiger partial charge in [-0.25, -0.2) is 4.39 Å². The third-order valence-electron chi connectivity index (χ3n) is 2.86. The predicted octanol–water partition coefficient (Wildman–Crippen LogP) is 3.60. The van der Waals surface area contributed by atoms with Crippen LogP contribution in [0, 0.1) is 5.82 Å². The van der Waals surface area contributed by atoms with Gasteiger partial charge in [-0.05, 0) is 43.4 Å². The van der Waals surface area contributed by atoms with Crippen LogP contribution in [0.4, 0.5) is 4.39 Å². The Morgan fingerprint density at radius 3 is 2.94 bits per heavy atom. The van der Waals surface area contributed by atoms with Crippen molar-refractivity contribution in [1.29, 1.82) is 0 Å². The Balaban J connectivity index is 2.14. The summed E-state index contributed by atoms with van der Waals surface area (Å²) in [5.41, 5.74) is 2.31. The summed E-state index contributed by atoms with van der Waals surface area (Å²) in [5.74, 6) is -0.228. The van der Waals surface area contributed by atoms with Crippen molar-refractivity contribution in [3.05, 3.63) is 45.7 Å². The van der Waals surface area contributed by atoms with Gasteiger partial charge in [0.25, 0.3) is 0 Å². The largest absolute Gasteiger partial charge is 0.389 e. The molecule has 0 bridgehead atoms. The van der Waals surface area contributed by atoms with E-state index >= 15 is 0 Å². The second kappa shape index (κ2) is 5.11. The van der Waals surface area contributed by atoms with E-state index in [0.717, 1.165) is 35.7 Å². The summed E-state index contributed by atoms with van der Waals surface area (Å²) in [4.78, 5) is 0. The highest BCUT2D eigenvalue weighted by Crippen LogP contribution is 2.25. The van der Waals surface area contributed by atoms with E-state index in [1.54, 1.807) is 6.07 Å². The third kappa shape index (κ3) is 2.92. The maximum absolute atomic E-state index is 12.9. The molecule has 86 valence electrons. The van der Waals surface area contributed by atoms with Crippen LogP contribution < -0.4 is 0 Å². The van der Waals surface area contributed by atoms with E-state index in [4.69, 9.17) is 0 Å². The molecule has 0 saturated heterocycles. The van der Waals surface area contributed by atoms with Crippen molar-refractivity contribution in [2.24, 2.45) is 0 Å². The molecule has 0 aliphatic heterocycles. The van der Waals surface area contributed by atoms with Crippen molar-refractivity contribution in [2.75, 3.05) is 0 Å². The zero-order valence-electron chi connectivity index (χ0n) is 8.92. The molecular weight excluding hydrogens is 271 g/mol. The number of hydrogen-bond acceptors (Lipinski definition) is 1. The molecule has 1 N–H and O–H groups in total. The number of halogens is 2. The summed E-state index contributed by atoms with van der Waals surface area (Å²) in [7, 11) is 0. The van der Waals surface area contributed by atoms with Crippen LogP contribution in [-0.2, 0) is 6.42 Å². The highest BCUT2D eigenvalue weighted by atomic mass is 79.9.